The molecule has 1 aliphatic heterocycles. The van der Waals surface area contributed by atoms with Crippen molar-refractivity contribution in [1.29, 1.82) is 0 Å². The number of rotatable bonds is 6. The Bertz CT molecular complexity index is 176. The Labute approximate surface area is 92.7 Å². The molecule has 2 rings (SSSR count). The van der Waals surface area contributed by atoms with Gasteiger partial charge in [-0.15, -0.1) is 0 Å². The number of hydrogen-bond acceptors (Lipinski definition) is 3. The van der Waals surface area contributed by atoms with Gasteiger partial charge in [0.25, 0.3) is 0 Å². The highest BCUT2D eigenvalue weighted by molar-refractivity contribution is 4.81. The normalized spacial score (nSPS) is 29.0. The van der Waals surface area contributed by atoms with E-state index in [-0.39, 0.29) is 0 Å². The van der Waals surface area contributed by atoms with Crippen molar-refractivity contribution in [2.75, 3.05) is 26.3 Å². The highest BCUT2D eigenvalue weighted by atomic mass is 16.5. The van der Waals surface area contributed by atoms with Crippen molar-refractivity contribution in [3.05, 3.63) is 0 Å². The first-order valence-corrected chi connectivity index (χ1v) is 6.41. The second-order valence-electron chi connectivity index (χ2n) is 5.01. The molecule has 1 heterocycles. The number of ether oxygens (including phenoxy) is 1. The molecule has 3 heteroatoms. The second-order valence-corrected chi connectivity index (χ2v) is 5.01. The minimum absolute atomic E-state index is 0.476. The Hall–Kier alpha value is -0.120. The molecular weight excluding hydrogens is 188 g/mol. The summed E-state index contributed by atoms with van der Waals surface area (Å²) in [7, 11) is 0. The molecule has 1 saturated carbocycles. The summed E-state index contributed by atoms with van der Waals surface area (Å²) in [5.74, 6) is 1.65. The Balaban J connectivity index is 1.64. The maximum Gasteiger partial charge on any atom is 0.0509 e. The topological polar surface area (TPSA) is 47.3 Å². The van der Waals surface area contributed by atoms with Gasteiger partial charge in [-0.3, -0.25) is 0 Å². The Morgan fingerprint density at radius 1 is 1.33 bits per heavy atom. The Morgan fingerprint density at radius 2 is 2.20 bits per heavy atom. The molecule has 0 bridgehead atoms. The standard InChI is InChI=1S/C12H24N2O/c13-8-12(11-2-1-7-15-9-11)14-6-5-10-3-4-10/h10-12,14H,1-9,13H2. The van der Waals surface area contributed by atoms with Crippen LogP contribution in [-0.4, -0.2) is 32.3 Å². The van der Waals surface area contributed by atoms with Gasteiger partial charge >= 0.3 is 0 Å². The van der Waals surface area contributed by atoms with Gasteiger partial charge in [-0.25, -0.2) is 0 Å². The third-order valence-corrected chi connectivity index (χ3v) is 3.67. The lowest BCUT2D eigenvalue weighted by molar-refractivity contribution is 0.0405. The molecule has 0 aromatic heterocycles. The van der Waals surface area contributed by atoms with Crippen molar-refractivity contribution < 1.29 is 4.74 Å². The summed E-state index contributed by atoms with van der Waals surface area (Å²) < 4.78 is 5.51. The van der Waals surface area contributed by atoms with Gasteiger partial charge in [0.05, 0.1) is 6.61 Å². The van der Waals surface area contributed by atoms with Crippen LogP contribution in [0.2, 0.25) is 0 Å². The molecule has 2 unspecified atom stereocenters. The number of nitrogens with two attached hydrogens (primary N) is 1. The van der Waals surface area contributed by atoms with Crippen LogP contribution in [0, 0.1) is 11.8 Å². The van der Waals surface area contributed by atoms with Crippen LogP contribution in [0.5, 0.6) is 0 Å². The Kier molecular flexibility index (Phi) is 4.42. The van der Waals surface area contributed by atoms with Crippen molar-refractivity contribution in [1.82, 2.24) is 5.32 Å². The molecule has 2 aliphatic rings. The van der Waals surface area contributed by atoms with Gasteiger partial charge in [0.2, 0.25) is 0 Å². The van der Waals surface area contributed by atoms with Crippen LogP contribution in [0.15, 0.2) is 0 Å². The summed E-state index contributed by atoms with van der Waals surface area (Å²) in [4.78, 5) is 0. The lowest BCUT2D eigenvalue weighted by Gasteiger charge is -2.30. The summed E-state index contributed by atoms with van der Waals surface area (Å²) in [6.45, 7) is 3.73. The molecule has 0 aromatic rings. The molecule has 1 aliphatic carbocycles. The molecule has 0 spiro atoms. The summed E-state index contributed by atoms with van der Waals surface area (Å²) in [5.41, 5.74) is 5.82. The quantitative estimate of drug-likeness (QED) is 0.694. The van der Waals surface area contributed by atoms with Crippen molar-refractivity contribution in [2.45, 2.75) is 38.1 Å². The van der Waals surface area contributed by atoms with E-state index in [1.54, 1.807) is 0 Å². The first-order chi connectivity index (χ1) is 7.40. The predicted octanol–water partition coefficient (Wildman–Crippen LogP) is 1.13. The molecule has 15 heavy (non-hydrogen) atoms. The minimum Gasteiger partial charge on any atom is -0.381 e. The van der Waals surface area contributed by atoms with E-state index in [9.17, 15) is 0 Å². The van der Waals surface area contributed by atoms with Crippen molar-refractivity contribution >= 4 is 0 Å². The van der Waals surface area contributed by atoms with E-state index in [1.807, 2.05) is 0 Å². The molecule has 2 atom stereocenters. The molecule has 2 fully saturated rings. The zero-order chi connectivity index (χ0) is 10.5. The van der Waals surface area contributed by atoms with Crippen molar-refractivity contribution in [2.24, 2.45) is 17.6 Å². The predicted molar refractivity (Wildman–Crippen MR) is 61.7 cm³/mol. The van der Waals surface area contributed by atoms with E-state index in [0.717, 1.165) is 32.2 Å². The largest absolute Gasteiger partial charge is 0.381 e. The summed E-state index contributed by atoms with van der Waals surface area (Å²) in [6, 6.07) is 0.476. The van der Waals surface area contributed by atoms with Crippen LogP contribution in [-0.2, 0) is 4.74 Å². The van der Waals surface area contributed by atoms with Gasteiger partial charge in [-0.2, -0.15) is 0 Å². The Morgan fingerprint density at radius 3 is 2.80 bits per heavy atom. The van der Waals surface area contributed by atoms with Crippen molar-refractivity contribution in [3.8, 4) is 0 Å². The fourth-order valence-electron chi connectivity index (χ4n) is 2.40. The van der Waals surface area contributed by atoms with E-state index in [2.05, 4.69) is 5.32 Å². The lowest BCUT2D eigenvalue weighted by atomic mass is 9.93. The first-order valence-electron chi connectivity index (χ1n) is 6.41. The monoisotopic (exact) mass is 212 g/mol. The van der Waals surface area contributed by atoms with E-state index >= 15 is 0 Å². The van der Waals surface area contributed by atoms with Crippen LogP contribution in [0.3, 0.4) is 0 Å². The summed E-state index contributed by atoms with van der Waals surface area (Å²) >= 11 is 0. The van der Waals surface area contributed by atoms with Crippen LogP contribution < -0.4 is 11.1 Å². The SMILES string of the molecule is NCC(NCCC1CC1)C1CCCOC1. The fourth-order valence-corrected chi connectivity index (χ4v) is 2.40. The van der Waals surface area contributed by atoms with Crippen LogP contribution in [0.25, 0.3) is 0 Å². The number of hydrogen-bond donors (Lipinski definition) is 2. The molecule has 3 nitrogen and oxygen atoms in total. The lowest BCUT2D eigenvalue weighted by Crippen LogP contribution is -2.45. The van der Waals surface area contributed by atoms with Gasteiger partial charge in [-0.05, 0) is 37.6 Å². The highest BCUT2D eigenvalue weighted by Gasteiger charge is 2.24. The molecular formula is C12H24N2O. The highest BCUT2D eigenvalue weighted by Crippen LogP contribution is 2.31. The zero-order valence-corrected chi connectivity index (χ0v) is 9.58. The average molecular weight is 212 g/mol. The second kappa shape index (κ2) is 5.83. The van der Waals surface area contributed by atoms with Crippen LogP contribution >= 0.6 is 0 Å². The summed E-state index contributed by atoms with van der Waals surface area (Å²) in [5, 5.41) is 3.61. The van der Waals surface area contributed by atoms with E-state index < -0.39 is 0 Å². The van der Waals surface area contributed by atoms with Gasteiger partial charge in [0.1, 0.15) is 0 Å². The van der Waals surface area contributed by atoms with Crippen LogP contribution in [0.4, 0.5) is 0 Å². The minimum atomic E-state index is 0.476. The molecule has 1 saturated heterocycles. The zero-order valence-electron chi connectivity index (χ0n) is 9.58. The average Bonchev–Trinajstić information content (AvgIpc) is 3.10. The maximum atomic E-state index is 5.82. The molecule has 88 valence electrons. The van der Waals surface area contributed by atoms with Gasteiger partial charge < -0.3 is 15.8 Å². The molecule has 0 aromatic carbocycles. The van der Waals surface area contributed by atoms with Crippen LogP contribution in [0.1, 0.15) is 32.1 Å². The third kappa shape index (κ3) is 3.74. The molecule has 0 radical (unpaired) electrons. The van der Waals surface area contributed by atoms with Gasteiger partial charge in [-0.1, -0.05) is 12.8 Å². The first kappa shape index (κ1) is 11.4. The molecule has 3 N–H and O–H groups in total. The van der Waals surface area contributed by atoms with Gasteiger partial charge in [0.15, 0.2) is 0 Å². The van der Waals surface area contributed by atoms with E-state index in [1.165, 1.54) is 32.1 Å². The smallest absolute Gasteiger partial charge is 0.0509 e. The van der Waals surface area contributed by atoms with Gasteiger partial charge in [0, 0.05) is 19.2 Å². The van der Waals surface area contributed by atoms with Crippen molar-refractivity contribution in [3.63, 3.8) is 0 Å². The maximum absolute atomic E-state index is 5.82. The van der Waals surface area contributed by atoms with E-state index in [0.29, 0.717) is 12.0 Å². The fraction of sp³-hybridized carbons (Fsp3) is 1.00. The third-order valence-electron chi connectivity index (χ3n) is 3.67. The summed E-state index contributed by atoms with van der Waals surface area (Å²) in [6.07, 6.45) is 6.71. The molecule has 0 amide bonds. The van der Waals surface area contributed by atoms with E-state index in [4.69, 9.17) is 10.5 Å². The number of nitrogens with one attached hydrogen (secondary N) is 1.